The number of nitrogens with one attached hydrogen (secondary N) is 1. The monoisotopic (exact) mass is 207 g/mol. The fourth-order valence-electron chi connectivity index (χ4n) is 1.75. The van der Waals surface area contributed by atoms with Gasteiger partial charge in [0.05, 0.1) is 19.3 Å². The van der Waals surface area contributed by atoms with E-state index in [1.54, 1.807) is 0 Å². The molecule has 0 aromatic heterocycles. The molecule has 0 spiro atoms. The first-order chi connectivity index (χ1) is 7.40. The van der Waals surface area contributed by atoms with Gasteiger partial charge in [-0.3, -0.25) is 0 Å². The van der Waals surface area contributed by atoms with Crippen molar-refractivity contribution in [3.8, 4) is 5.75 Å². The van der Waals surface area contributed by atoms with Crippen molar-refractivity contribution in [3.05, 3.63) is 29.8 Å². The summed E-state index contributed by atoms with van der Waals surface area (Å²) in [6.45, 7) is 5.30. The van der Waals surface area contributed by atoms with Crippen molar-refractivity contribution >= 4 is 0 Å². The summed E-state index contributed by atoms with van der Waals surface area (Å²) in [5.74, 6) is 0.921. The van der Waals surface area contributed by atoms with Gasteiger partial charge in [-0.15, -0.1) is 0 Å². The standard InChI is InChI=1S/C12H17NO2/c1-2-14-11-5-3-4-10(8-11)12-9-13-6-7-15-12/h3-5,8,12-13H,2,6-7,9H2,1H3. The van der Waals surface area contributed by atoms with Gasteiger partial charge in [0.1, 0.15) is 5.75 Å². The van der Waals surface area contributed by atoms with Gasteiger partial charge < -0.3 is 14.8 Å². The molecule has 2 rings (SSSR count). The van der Waals surface area contributed by atoms with Gasteiger partial charge in [0.2, 0.25) is 0 Å². The van der Waals surface area contributed by atoms with Gasteiger partial charge >= 0.3 is 0 Å². The molecular weight excluding hydrogens is 190 g/mol. The van der Waals surface area contributed by atoms with E-state index in [0.717, 1.165) is 25.4 Å². The quantitative estimate of drug-likeness (QED) is 0.819. The maximum atomic E-state index is 5.68. The van der Waals surface area contributed by atoms with Gasteiger partial charge in [-0.2, -0.15) is 0 Å². The fraction of sp³-hybridized carbons (Fsp3) is 0.500. The van der Waals surface area contributed by atoms with Gasteiger partial charge in [-0.1, -0.05) is 12.1 Å². The highest BCUT2D eigenvalue weighted by Gasteiger charge is 2.15. The first-order valence-corrected chi connectivity index (χ1v) is 5.45. The third-order valence-electron chi connectivity index (χ3n) is 2.47. The Labute approximate surface area is 90.4 Å². The molecule has 1 aromatic carbocycles. The van der Waals surface area contributed by atoms with Crippen molar-refractivity contribution in [2.75, 3.05) is 26.3 Å². The number of hydrogen-bond acceptors (Lipinski definition) is 3. The summed E-state index contributed by atoms with van der Waals surface area (Å²) < 4.78 is 11.1. The van der Waals surface area contributed by atoms with Crippen molar-refractivity contribution in [2.24, 2.45) is 0 Å². The largest absolute Gasteiger partial charge is 0.494 e. The number of benzene rings is 1. The van der Waals surface area contributed by atoms with E-state index in [1.165, 1.54) is 5.56 Å². The normalized spacial score (nSPS) is 21.3. The topological polar surface area (TPSA) is 30.5 Å². The zero-order chi connectivity index (χ0) is 10.5. The van der Waals surface area contributed by atoms with E-state index in [2.05, 4.69) is 17.4 Å². The molecular formula is C12H17NO2. The van der Waals surface area contributed by atoms with Gasteiger partial charge in [-0.25, -0.2) is 0 Å². The molecule has 0 amide bonds. The van der Waals surface area contributed by atoms with Crippen LogP contribution < -0.4 is 10.1 Å². The summed E-state index contributed by atoms with van der Waals surface area (Å²) in [7, 11) is 0. The molecule has 1 heterocycles. The van der Waals surface area contributed by atoms with Crippen molar-refractivity contribution in [2.45, 2.75) is 13.0 Å². The van der Waals surface area contributed by atoms with Crippen LogP contribution >= 0.6 is 0 Å². The van der Waals surface area contributed by atoms with Crippen molar-refractivity contribution < 1.29 is 9.47 Å². The van der Waals surface area contributed by atoms with Crippen LogP contribution in [0.4, 0.5) is 0 Å². The van der Waals surface area contributed by atoms with Crippen molar-refractivity contribution in [1.29, 1.82) is 0 Å². The summed E-state index contributed by atoms with van der Waals surface area (Å²) in [4.78, 5) is 0. The molecule has 0 bridgehead atoms. The Bertz CT molecular complexity index is 308. The summed E-state index contributed by atoms with van der Waals surface area (Å²) in [5.41, 5.74) is 1.19. The lowest BCUT2D eigenvalue weighted by Crippen LogP contribution is -2.33. The van der Waals surface area contributed by atoms with E-state index >= 15 is 0 Å². The predicted molar refractivity (Wildman–Crippen MR) is 59.2 cm³/mol. The maximum Gasteiger partial charge on any atom is 0.119 e. The second kappa shape index (κ2) is 5.14. The van der Waals surface area contributed by atoms with Gasteiger partial charge in [0.15, 0.2) is 0 Å². The van der Waals surface area contributed by atoms with Crippen LogP contribution in [0.25, 0.3) is 0 Å². The highest BCUT2D eigenvalue weighted by Crippen LogP contribution is 2.22. The Morgan fingerprint density at radius 3 is 3.20 bits per heavy atom. The SMILES string of the molecule is CCOc1cccc(C2CNCCO2)c1. The minimum Gasteiger partial charge on any atom is -0.494 e. The molecule has 1 aliphatic heterocycles. The lowest BCUT2D eigenvalue weighted by Gasteiger charge is -2.24. The van der Waals surface area contributed by atoms with Crippen molar-refractivity contribution in [1.82, 2.24) is 5.32 Å². The van der Waals surface area contributed by atoms with Crippen molar-refractivity contribution in [3.63, 3.8) is 0 Å². The van der Waals surface area contributed by atoms with E-state index in [1.807, 2.05) is 19.1 Å². The molecule has 0 radical (unpaired) electrons. The average Bonchev–Trinajstić information content (AvgIpc) is 2.31. The number of hydrogen-bond donors (Lipinski definition) is 1. The molecule has 0 aliphatic carbocycles. The van der Waals surface area contributed by atoms with Crippen LogP contribution in [0.5, 0.6) is 5.75 Å². The second-order valence-electron chi connectivity index (χ2n) is 3.57. The summed E-state index contributed by atoms with van der Waals surface area (Å²) in [5, 5.41) is 3.32. The van der Waals surface area contributed by atoms with Crippen LogP contribution in [0.1, 0.15) is 18.6 Å². The summed E-state index contributed by atoms with van der Waals surface area (Å²) >= 11 is 0. The lowest BCUT2D eigenvalue weighted by molar-refractivity contribution is 0.0275. The molecule has 1 N–H and O–H groups in total. The second-order valence-corrected chi connectivity index (χ2v) is 3.57. The number of morpholine rings is 1. The number of rotatable bonds is 3. The molecule has 0 saturated carbocycles. The Morgan fingerprint density at radius 2 is 2.47 bits per heavy atom. The third kappa shape index (κ3) is 2.70. The summed E-state index contributed by atoms with van der Waals surface area (Å²) in [6, 6.07) is 8.13. The molecule has 1 saturated heterocycles. The zero-order valence-corrected chi connectivity index (χ0v) is 9.03. The first-order valence-electron chi connectivity index (χ1n) is 5.45. The highest BCUT2D eigenvalue weighted by molar-refractivity contribution is 5.30. The Morgan fingerprint density at radius 1 is 1.53 bits per heavy atom. The van der Waals surface area contributed by atoms with E-state index in [4.69, 9.17) is 9.47 Å². The van der Waals surface area contributed by atoms with Gasteiger partial charge in [0, 0.05) is 13.1 Å². The Balaban J connectivity index is 2.09. The van der Waals surface area contributed by atoms with Gasteiger partial charge in [-0.05, 0) is 24.6 Å². The predicted octanol–water partition coefficient (Wildman–Crippen LogP) is 1.75. The van der Waals surface area contributed by atoms with Crippen LogP contribution in [-0.4, -0.2) is 26.3 Å². The first kappa shape index (κ1) is 10.5. The minimum absolute atomic E-state index is 0.166. The van der Waals surface area contributed by atoms with E-state index in [-0.39, 0.29) is 6.10 Å². The van der Waals surface area contributed by atoms with Crippen LogP contribution in [0.2, 0.25) is 0 Å². The molecule has 3 heteroatoms. The smallest absolute Gasteiger partial charge is 0.119 e. The lowest BCUT2D eigenvalue weighted by atomic mass is 10.1. The van der Waals surface area contributed by atoms with Gasteiger partial charge in [0.25, 0.3) is 0 Å². The molecule has 1 unspecified atom stereocenters. The molecule has 1 fully saturated rings. The fourth-order valence-corrected chi connectivity index (χ4v) is 1.75. The molecule has 1 aromatic rings. The Hall–Kier alpha value is -1.06. The highest BCUT2D eigenvalue weighted by atomic mass is 16.5. The average molecular weight is 207 g/mol. The van der Waals surface area contributed by atoms with E-state index in [9.17, 15) is 0 Å². The molecule has 15 heavy (non-hydrogen) atoms. The molecule has 1 aliphatic rings. The van der Waals surface area contributed by atoms with Crippen LogP contribution in [0, 0.1) is 0 Å². The van der Waals surface area contributed by atoms with Crippen LogP contribution in [0.15, 0.2) is 24.3 Å². The van der Waals surface area contributed by atoms with Crippen LogP contribution in [0.3, 0.4) is 0 Å². The maximum absolute atomic E-state index is 5.68. The zero-order valence-electron chi connectivity index (χ0n) is 9.03. The van der Waals surface area contributed by atoms with E-state index in [0.29, 0.717) is 6.61 Å². The minimum atomic E-state index is 0.166. The third-order valence-corrected chi connectivity index (χ3v) is 2.47. The Kier molecular flexibility index (Phi) is 3.59. The molecule has 1 atom stereocenters. The number of ether oxygens (including phenoxy) is 2. The molecule has 82 valence electrons. The van der Waals surface area contributed by atoms with E-state index < -0.39 is 0 Å². The summed E-state index contributed by atoms with van der Waals surface area (Å²) in [6.07, 6.45) is 0.166. The molecule has 3 nitrogen and oxygen atoms in total. The van der Waals surface area contributed by atoms with Crippen LogP contribution in [-0.2, 0) is 4.74 Å².